The topological polar surface area (TPSA) is 41.0 Å². The van der Waals surface area contributed by atoms with Crippen molar-refractivity contribution in [1.29, 1.82) is 0 Å². The van der Waals surface area contributed by atoms with Crippen LogP contribution in [0.5, 0.6) is 0 Å². The van der Waals surface area contributed by atoms with Crippen LogP contribution in [0.25, 0.3) is 0 Å². The van der Waals surface area contributed by atoms with Crippen molar-refractivity contribution in [1.82, 2.24) is 9.97 Å². The van der Waals surface area contributed by atoms with Crippen molar-refractivity contribution in [3.05, 3.63) is 83.2 Å². The molecule has 0 amide bonds. The van der Waals surface area contributed by atoms with Gasteiger partial charge in [-0.2, -0.15) is 0 Å². The second kappa shape index (κ2) is 8.48. The second-order valence-corrected chi connectivity index (χ2v) is 6.50. The number of aryl methyl sites for hydroxylation is 2. The first-order chi connectivity index (χ1) is 12.6. The van der Waals surface area contributed by atoms with Gasteiger partial charge in [0.05, 0.1) is 0 Å². The highest BCUT2D eigenvalue weighted by atomic mass is 15.2. The maximum absolute atomic E-state index is 4.65. The lowest BCUT2D eigenvalue weighted by molar-refractivity contribution is 0.804. The zero-order chi connectivity index (χ0) is 18.4. The molecule has 2 aromatic carbocycles. The van der Waals surface area contributed by atoms with E-state index in [-0.39, 0.29) is 0 Å². The van der Waals surface area contributed by atoms with Gasteiger partial charge in [0.15, 0.2) is 0 Å². The highest BCUT2D eigenvalue weighted by Crippen LogP contribution is 2.19. The molecule has 0 radical (unpaired) electrons. The maximum atomic E-state index is 4.65. The standard InChI is InChI=1S/C22H26N4/c1-4-26(16-19-10-6-5-7-11-19)22-14-21(24-18(3)25-22)23-15-20-12-8-9-17(2)13-20/h5-14H,4,15-16H2,1-3H3,(H,23,24,25). The van der Waals surface area contributed by atoms with Crippen LogP contribution in [0.15, 0.2) is 60.7 Å². The first-order valence-corrected chi connectivity index (χ1v) is 9.08. The summed E-state index contributed by atoms with van der Waals surface area (Å²) in [5.74, 6) is 2.59. The van der Waals surface area contributed by atoms with Gasteiger partial charge in [0.25, 0.3) is 0 Å². The van der Waals surface area contributed by atoms with Crippen molar-refractivity contribution in [2.24, 2.45) is 0 Å². The fourth-order valence-electron chi connectivity index (χ4n) is 2.98. The third-order valence-electron chi connectivity index (χ3n) is 4.30. The van der Waals surface area contributed by atoms with Crippen molar-refractivity contribution >= 4 is 11.6 Å². The molecule has 0 aliphatic rings. The Morgan fingerprint density at radius 3 is 2.38 bits per heavy atom. The molecule has 4 heteroatoms. The normalized spacial score (nSPS) is 10.6. The Labute approximate surface area is 155 Å². The van der Waals surface area contributed by atoms with Crippen LogP contribution in [0.4, 0.5) is 11.6 Å². The molecule has 0 fully saturated rings. The molecule has 0 saturated carbocycles. The Morgan fingerprint density at radius 1 is 0.885 bits per heavy atom. The van der Waals surface area contributed by atoms with Crippen molar-refractivity contribution in [2.45, 2.75) is 33.9 Å². The molecule has 0 aliphatic heterocycles. The van der Waals surface area contributed by atoms with Gasteiger partial charge in [-0.05, 0) is 31.9 Å². The third-order valence-corrected chi connectivity index (χ3v) is 4.30. The van der Waals surface area contributed by atoms with Gasteiger partial charge in [0, 0.05) is 25.7 Å². The van der Waals surface area contributed by atoms with Crippen LogP contribution < -0.4 is 10.2 Å². The highest BCUT2D eigenvalue weighted by molar-refractivity contribution is 5.50. The number of hydrogen-bond acceptors (Lipinski definition) is 4. The number of nitrogens with one attached hydrogen (secondary N) is 1. The first-order valence-electron chi connectivity index (χ1n) is 9.08. The van der Waals surface area contributed by atoms with Gasteiger partial charge >= 0.3 is 0 Å². The van der Waals surface area contributed by atoms with Crippen LogP contribution in [0.2, 0.25) is 0 Å². The van der Waals surface area contributed by atoms with E-state index in [4.69, 9.17) is 0 Å². The van der Waals surface area contributed by atoms with Crippen LogP contribution >= 0.6 is 0 Å². The summed E-state index contributed by atoms with van der Waals surface area (Å²) in [6.45, 7) is 8.69. The van der Waals surface area contributed by atoms with Gasteiger partial charge in [-0.25, -0.2) is 9.97 Å². The van der Waals surface area contributed by atoms with E-state index in [9.17, 15) is 0 Å². The summed E-state index contributed by atoms with van der Waals surface area (Å²) >= 11 is 0. The molecular weight excluding hydrogens is 320 g/mol. The molecule has 0 saturated heterocycles. The molecule has 0 unspecified atom stereocenters. The lowest BCUT2D eigenvalue weighted by atomic mass is 10.1. The summed E-state index contributed by atoms with van der Waals surface area (Å²) in [5, 5.41) is 3.43. The summed E-state index contributed by atoms with van der Waals surface area (Å²) in [4.78, 5) is 11.5. The minimum Gasteiger partial charge on any atom is -0.366 e. The van der Waals surface area contributed by atoms with Crippen molar-refractivity contribution in [3.63, 3.8) is 0 Å². The van der Waals surface area contributed by atoms with Gasteiger partial charge in [-0.3, -0.25) is 0 Å². The first kappa shape index (κ1) is 17.9. The number of aromatic nitrogens is 2. The molecule has 0 atom stereocenters. The Morgan fingerprint density at radius 2 is 1.65 bits per heavy atom. The lowest BCUT2D eigenvalue weighted by Gasteiger charge is -2.23. The van der Waals surface area contributed by atoms with Crippen molar-refractivity contribution < 1.29 is 0 Å². The molecule has 1 heterocycles. The highest BCUT2D eigenvalue weighted by Gasteiger charge is 2.10. The van der Waals surface area contributed by atoms with E-state index in [1.54, 1.807) is 0 Å². The lowest BCUT2D eigenvalue weighted by Crippen LogP contribution is -2.23. The van der Waals surface area contributed by atoms with Crippen molar-refractivity contribution in [2.75, 3.05) is 16.8 Å². The summed E-state index contributed by atoms with van der Waals surface area (Å²) in [5.41, 5.74) is 3.79. The van der Waals surface area contributed by atoms with E-state index < -0.39 is 0 Å². The molecule has 26 heavy (non-hydrogen) atoms. The Bertz CT molecular complexity index is 846. The second-order valence-electron chi connectivity index (χ2n) is 6.50. The zero-order valence-electron chi connectivity index (χ0n) is 15.7. The summed E-state index contributed by atoms with van der Waals surface area (Å²) < 4.78 is 0. The molecule has 134 valence electrons. The van der Waals surface area contributed by atoms with Crippen LogP contribution in [-0.2, 0) is 13.1 Å². The average Bonchev–Trinajstić information content (AvgIpc) is 2.65. The molecule has 0 bridgehead atoms. The van der Waals surface area contributed by atoms with Crippen LogP contribution in [-0.4, -0.2) is 16.5 Å². The van der Waals surface area contributed by atoms with E-state index >= 15 is 0 Å². The van der Waals surface area contributed by atoms with E-state index in [2.05, 4.69) is 82.6 Å². The molecule has 4 nitrogen and oxygen atoms in total. The van der Waals surface area contributed by atoms with E-state index in [0.717, 1.165) is 37.1 Å². The van der Waals surface area contributed by atoms with E-state index in [1.165, 1.54) is 16.7 Å². The van der Waals surface area contributed by atoms with Gasteiger partial charge in [0.1, 0.15) is 17.5 Å². The number of rotatable bonds is 7. The molecule has 3 aromatic rings. The largest absolute Gasteiger partial charge is 0.366 e. The predicted molar refractivity (Wildman–Crippen MR) is 108 cm³/mol. The van der Waals surface area contributed by atoms with Gasteiger partial charge in [-0.15, -0.1) is 0 Å². The summed E-state index contributed by atoms with van der Waals surface area (Å²) in [6, 6.07) is 21.0. The molecule has 1 N–H and O–H groups in total. The van der Waals surface area contributed by atoms with Crippen molar-refractivity contribution in [3.8, 4) is 0 Å². The van der Waals surface area contributed by atoms with E-state index in [1.807, 2.05) is 19.1 Å². The van der Waals surface area contributed by atoms with Gasteiger partial charge in [-0.1, -0.05) is 60.2 Å². The smallest absolute Gasteiger partial charge is 0.134 e. The Balaban J connectivity index is 1.75. The molecule has 0 spiro atoms. The van der Waals surface area contributed by atoms with E-state index in [0.29, 0.717) is 0 Å². The number of hydrogen-bond donors (Lipinski definition) is 1. The number of nitrogens with zero attached hydrogens (tertiary/aromatic N) is 3. The predicted octanol–water partition coefficient (Wildman–Crippen LogP) is 4.73. The summed E-state index contributed by atoms with van der Waals surface area (Å²) in [7, 11) is 0. The SMILES string of the molecule is CCN(Cc1ccccc1)c1cc(NCc2cccc(C)c2)nc(C)n1. The maximum Gasteiger partial charge on any atom is 0.134 e. The third kappa shape index (κ3) is 4.82. The molecule has 0 aliphatic carbocycles. The molecular formula is C22H26N4. The molecule has 3 rings (SSSR count). The Hall–Kier alpha value is -2.88. The minimum absolute atomic E-state index is 0.752. The zero-order valence-corrected chi connectivity index (χ0v) is 15.7. The average molecular weight is 346 g/mol. The summed E-state index contributed by atoms with van der Waals surface area (Å²) in [6.07, 6.45) is 0. The number of benzene rings is 2. The van der Waals surface area contributed by atoms with Gasteiger partial charge < -0.3 is 10.2 Å². The van der Waals surface area contributed by atoms with Crippen LogP contribution in [0.1, 0.15) is 29.4 Å². The monoisotopic (exact) mass is 346 g/mol. The Kier molecular flexibility index (Phi) is 5.84. The van der Waals surface area contributed by atoms with Gasteiger partial charge in [0.2, 0.25) is 0 Å². The van der Waals surface area contributed by atoms with Crippen LogP contribution in [0, 0.1) is 13.8 Å². The fourth-order valence-corrected chi connectivity index (χ4v) is 2.98. The van der Waals surface area contributed by atoms with Crippen LogP contribution in [0.3, 0.4) is 0 Å². The molecule has 1 aromatic heterocycles. The minimum atomic E-state index is 0.752. The quantitative estimate of drug-likeness (QED) is 0.671. The number of anilines is 2. The fraction of sp³-hybridized carbons (Fsp3) is 0.273.